The Hall–Kier alpha value is -4.29. The highest BCUT2D eigenvalue weighted by atomic mass is 19.1. The first-order valence-electron chi connectivity index (χ1n) is 29.5. The maximum atomic E-state index is 17.8. The van der Waals surface area contributed by atoms with Crippen molar-refractivity contribution in [3.8, 4) is 11.5 Å². The molecular formula is C61H88F2N2O20. The van der Waals surface area contributed by atoms with Crippen molar-refractivity contribution in [2.75, 3.05) is 177 Å². The van der Waals surface area contributed by atoms with Gasteiger partial charge in [-0.3, -0.25) is 14.4 Å². The largest absolute Gasteiger partial charge is 0.457 e. The Balaban J connectivity index is 0.651. The number of aliphatic hydroxyl groups excluding tert-OH is 2. The zero-order valence-electron chi connectivity index (χ0n) is 49.1. The minimum atomic E-state index is -2.35. The minimum Gasteiger partial charge on any atom is -0.457 e. The average Bonchev–Trinajstić information content (AvgIpc) is 1.63. The van der Waals surface area contributed by atoms with Gasteiger partial charge in [-0.15, -0.1) is 0 Å². The van der Waals surface area contributed by atoms with E-state index in [4.69, 9.17) is 76.8 Å². The third-order valence-corrected chi connectivity index (χ3v) is 16.3. The summed E-state index contributed by atoms with van der Waals surface area (Å²) in [7, 11) is 0. The number of nitrogens with two attached hydrogens (primary N) is 1. The Bertz CT molecular complexity index is 2390. The molecule has 2 aromatic rings. The number of hydrogen-bond acceptors (Lipinski definition) is 21. The zero-order valence-corrected chi connectivity index (χ0v) is 49.1. The molecule has 0 radical (unpaired) electrons. The first-order valence-corrected chi connectivity index (χ1v) is 29.5. The molecule has 0 unspecified atom stereocenters. The number of hydrogen-bond donors (Lipinski definition) is 4. The second kappa shape index (κ2) is 35.0. The van der Waals surface area contributed by atoms with Gasteiger partial charge >= 0.3 is 0 Å². The van der Waals surface area contributed by atoms with Gasteiger partial charge < -0.3 is 92.3 Å². The van der Waals surface area contributed by atoms with Crippen LogP contribution in [0.2, 0.25) is 0 Å². The van der Waals surface area contributed by atoms with E-state index < -0.39 is 76.8 Å². The predicted molar refractivity (Wildman–Crippen MR) is 303 cm³/mol. The van der Waals surface area contributed by atoms with Crippen LogP contribution < -0.4 is 15.8 Å². The van der Waals surface area contributed by atoms with E-state index in [1.54, 1.807) is 55.5 Å². The molecule has 1 saturated heterocycles. The molecule has 0 bridgehead atoms. The van der Waals surface area contributed by atoms with E-state index >= 15 is 8.78 Å². The van der Waals surface area contributed by atoms with Gasteiger partial charge in [-0.2, -0.15) is 0 Å². The fourth-order valence-electron chi connectivity index (χ4n) is 12.1. The number of amides is 1. The van der Waals surface area contributed by atoms with Crippen LogP contribution in [0.25, 0.3) is 0 Å². The molecular weight excluding hydrogens is 1120 g/mol. The first kappa shape index (κ1) is 68.2. The van der Waals surface area contributed by atoms with Crippen molar-refractivity contribution >= 4 is 23.2 Å². The summed E-state index contributed by atoms with van der Waals surface area (Å²) >= 11 is 0. The number of aliphatic hydroxyl groups is 2. The van der Waals surface area contributed by atoms with Gasteiger partial charge in [0.15, 0.2) is 29.1 Å². The van der Waals surface area contributed by atoms with E-state index in [2.05, 4.69) is 5.32 Å². The molecule has 476 valence electrons. The van der Waals surface area contributed by atoms with E-state index in [1.807, 2.05) is 0 Å². The number of ether oxygens (including phenoxy) is 15. The summed E-state index contributed by atoms with van der Waals surface area (Å²) in [4.78, 5) is 38.8. The maximum absolute atomic E-state index is 17.8. The van der Waals surface area contributed by atoms with E-state index in [-0.39, 0.29) is 43.8 Å². The van der Waals surface area contributed by atoms with Crippen LogP contribution in [0.5, 0.6) is 11.5 Å². The second-order valence-corrected chi connectivity index (χ2v) is 21.6. The molecule has 4 fully saturated rings. The van der Waals surface area contributed by atoms with Gasteiger partial charge in [0.1, 0.15) is 24.3 Å². The Labute approximate surface area is 496 Å². The number of carbonyl (C=O) groups is 3. The highest BCUT2D eigenvalue weighted by Gasteiger charge is 2.80. The molecule has 5 aliphatic rings. The molecule has 1 amide bonds. The normalized spacial score (nSPS) is 27.5. The van der Waals surface area contributed by atoms with Crippen molar-refractivity contribution in [3.63, 3.8) is 0 Å². The number of anilines is 1. The van der Waals surface area contributed by atoms with Gasteiger partial charge in [-0.25, -0.2) is 8.78 Å². The van der Waals surface area contributed by atoms with Crippen LogP contribution in [0.3, 0.4) is 0 Å². The molecule has 85 heavy (non-hydrogen) atoms. The number of alkyl halides is 2. The Morgan fingerprint density at radius 3 is 1.52 bits per heavy atom. The van der Waals surface area contributed by atoms with Crippen molar-refractivity contribution in [1.82, 2.24) is 0 Å². The number of halogens is 2. The predicted octanol–water partition coefficient (Wildman–Crippen LogP) is 4.61. The summed E-state index contributed by atoms with van der Waals surface area (Å²) in [6.45, 7) is 13.7. The van der Waals surface area contributed by atoms with Crippen molar-refractivity contribution < 1.29 is 104 Å². The lowest BCUT2D eigenvalue weighted by atomic mass is 9.44. The summed E-state index contributed by atoms with van der Waals surface area (Å²) in [5.74, 6) is -2.05. The van der Waals surface area contributed by atoms with Crippen LogP contribution in [-0.2, 0) is 80.7 Å². The van der Waals surface area contributed by atoms with Crippen molar-refractivity contribution in [3.05, 3.63) is 77.9 Å². The molecule has 10 atom stereocenters. The molecule has 3 saturated carbocycles. The quantitative estimate of drug-likeness (QED) is 0.0660. The smallest absolute Gasteiger partial charge is 0.226 e. The molecule has 5 N–H and O–H groups in total. The van der Waals surface area contributed by atoms with Gasteiger partial charge in [-0.1, -0.05) is 25.1 Å². The summed E-state index contributed by atoms with van der Waals surface area (Å²) in [6.07, 6.45) is -1.79. The van der Waals surface area contributed by atoms with Crippen molar-refractivity contribution in [1.29, 1.82) is 0 Å². The van der Waals surface area contributed by atoms with Gasteiger partial charge in [0.25, 0.3) is 0 Å². The van der Waals surface area contributed by atoms with Crippen LogP contribution >= 0.6 is 0 Å². The molecule has 22 nitrogen and oxygen atoms in total. The molecule has 7 rings (SSSR count). The number of Topliss-reactive ketones (excluding diaryl/α,β-unsaturated/α-hetero) is 1. The third kappa shape index (κ3) is 18.2. The van der Waals surface area contributed by atoms with Gasteiger partial charge in [-0.05, 0) is 86.2 Å². The Morgan fingerprint density at radius 1 is 0.635 bits per heavy atom. The highest BCUT2D eigenvalue weighted by Crippen LogP contribution is 2.72. The number of carbonyl (C=O) groups excluding carboxylic acids is 3. The molecule has 1 aliphatic heterocycles. The van der Waals surface area contributed by atoms with E-state index in [0.29, 0.717) is 181 Å². The topological polar surface area (TPSA) is 268 Å². The molecule has 24 heteroatoms. The SMILES string of the molecule is C[C@]12C=CC(=O)C=C1[C@@H](F)C[C@H]1[C@@H]3C[C@H]4O[C@@H](c5ccc(Oc6ccc(NC(=O)CCOCCOCCOCCOCCOCCOCCOCCOCCOCCOCCOCCOCCN)cc6)cc5)O[C@@]4(C(=O)CO)[C@@]3(C)C[C@H](O)[C@@]12F. The number of nitrogens with one attached hydrogen (secondary N) is 1. The first-order chi connectivity index (χ1) is 41.3. The minimum absolute atomic E-state index is 0.00705. The molecule has 4 aliphatic carbocycles. The van der Waals surface area contributed by atoms with E-state index in [1.165, 1.54) is 19.1 Å². The molecule has 0 spiro atoms. The average molecular weight is 1210 g/mol. The maximum Gasteiger partial charge on any atom is 0.226 e. The lowest BCUT2D eigenvalue weighted by Gasteiger charge is -2.63. The molecule has 2 aromatic carbocycles. The van der Waals surface area contributed by atoms with Crippen molar-refractivity contribution in [2.24, 2.45) is 28.4 Å². The second-order valence-electron chi connectivity index (χ2n) is 21.6. The summed E-state index contributed by atoms with van der Waals surface area (Å²) in [5, 5.41) is 25.0. The zero-order chi connectivity index (χ0) is 60.4. The number of benzene rings is 2. The molecule has 0 aromatic heterocycles. The number of fused-ring (bicyclic) bond motifs is 7. The van der Waals surface area contributed by atoms with Crippen LogP contribution in [0, 0.1) is 22.7 Å². The fraction of sp³-hybridized carbons (Fsp3) is 0.689. The Kier molecular flexibility index (Phi) is 28.1. The number of rotatable bonds is 44. The van der Waals surface area contributed by atoms with Gasteiger partial charge in [0.2, 0.25) is 5.91 Å². The van der Waals surface area contributed by atoms with Crippen LogP contribution in [0.1, 0.15) is 51.4 Å². The number of allylic oxidation sites excluding steroid dienone is 4. The fourth-order valence-corrected chi connectivity index (χ4v) is 12.1. The monoisotopic (exact) mass is 1210 g/mol. The summed E-state index contributed by atoms with van der Waals surface area (Å²) in [6, 6.07) is 13.7. The van der Waals surface area contributed by atoms with E-state index in [9.17, 15) is 24.6 Å². The standard InChI is InChI=1S/C61H88F2N2O20/c1-58-13-11-46(67)39-51(58)52(62)40-50-49-41-55-61(54(69)43-66,59(49,2)42-53(68)60(50,58)63)85-57(84-55)44-3-7-47(8-4-44)83-48-9-5-45(6-10-48)65-56(70)12-15-71-17-19-73-21-23-75-25-27-77-29-31-79-33-35-81-37-38-82-36-34-80-32-30-78-28-26-76-24-22-74-20-18-72-16-14-64/h3-11,13,39,49-50,52-53,55,57,66,68H,12,14-38,40-43,64H2,1-2H3,(H,65,70)/t49-,50-,52-,53-,55+,57+,58-,59-,60-,61+/m0/s1. The van der Waals surface area contributed by atoms with E-state index in [0.717, 1.165) is 6.08 Å². The highest BCUT2D eigenvalue weighted by molar-refractivity contribution is 6.01. The van der Waals surface area contributed by atoms with Crippen LogP contribution in [0.15, 0.2) is 72.3 Å². The van der Waals surface area contributed by atoms with Crippen molar-refractivity contribution in [2.45, 2.75) is 75.5 Å². The molecule has 1 heterocycles. The van der Waals surface area contributed by atoms with Crippen LogP contribution in [-0.4, -0.2) is 229 Å². The lowest BCUT2D eigenvalue weighted by molar-refractivity contribution is -0.235. The Morgan fingerprint density at radius 2 is 1.07 bits per heavy atom. The summed E-state index contributed by atoms with van der Waals surface area (Å²) in [5.41, 5.74) is -0.450. The summed E-state index contributed by atoms with van der Waals surface area (Å²) < 4.78 is 119. The lowest BCUT2D eigenvalue weighted by Crippen LogP contribution is -2.70. The third-order valence-electron chi connectivity index (χ3n) is 16.3. The van der Waals surface area contributed by atoms with Gasteiger partial charge in [0.05, 0.1) is 177 Å². The van der Waals surface area contributed by atoms with Crippen LogP contribution in [0.4, 0.5) is 14.5 Å². The number of ketones is 2. The van der Waals surface area contributed by atoms with Gasteiger partial charge in [0, 0.05) is 34.5 Å².